The van der Waals surface area contributed by atoms with E-state index in [9.17, 15) is 9.59 Å². The molecule has 0 amide bonds. The number of carbonyl (C=O) groups is 1. The van der Waals surface area contributed by atoms with Crippen molar-refractivity contribution in [2.24, 2.45) is 4.99 Å². The van der Waals surface area contributed by atoms with Crippen molar-refractivity contribution < 1.29 is 14.3 Å². The summed E-state index contributed by atoms with van der Waals surface area (Å²) in [4.78, 5) is 32.4. The van der Waals surface area contributed by atoms with Crippen molar-refractivity contribution in [3.8, 4) is 11.5 Å². The molecule has 0 unspecified atom stereocenters. The van der Waals surface area contributed by atoms with E-state index >= 15 is 0 Å². The summed E-state index contributed by atoms with van der Waals surface area (Å²) < 4.78 is 13.4. The molecule has 3 aromatic carbocycles. The maximum Gasteiger partial charge on any atom is 0.343 e. The molecule has 0 saturated heterocycles. The lowest BCUT2D eigenvalue weighted by atomic mass is 9.96. The summed E-state index contributed by atoms with van der Waals surface area (Å²) in [5.74, 6) is 0.492. The third-order valence-electron chi connectivity index (χ3n) is 5.87. The number of benzene rings is 3. The number of hydrogen-bond donors (Lipinski definition) is 0. The molecule has 0 saturated carbocycles. The maximum absolute atomic E-state index is 13.8. The zero-order valence-corrected chi connectivity index (χ0v) is 21.8. The second kappa shape index (κ2) is 10.6. The first-order chi connectivity index (χ1) is 18.0. The van der Waals surface area contributed by atoms with E-state index in [-0.39, 0.29) is 5.56 Å². The summed E-state index contributed by atoms with van der Waals surface area (Å²) in [6, 6.07) is 22.9. The molecule has 0 aliphatic carbocycles. The van der Waals surface area contributed by atoms with Crippen LogP contribution in [0, 0.1) is 0 Å². The summed E-state index contributed by atoms with van der Waals surface area (Å²) in [6.45, 7) is 4.13. The van der Waals surface area contributed by atoms with Crippen LogP contribution in [0.5, 0.6) is 11.5 Å². The van der Waals surface area contributed by atoms with Gasteiger partial charge in [0.2, 0.25) is 0 Å². The molecule has 0 radical (unpaired) electrons. The Morgan fingerprint density at radius 3 is 2.49 bits per heavy atom. The second-order valence-electron chi connectivity index (χ2n) is 8.31. The highest BCUT2D eigenvalue weighted by Gasteiger charge is 2.33. The molecular weight excluding hydrogens is 508 g/mol. The van der Waals surface area contributed by atoms with E-state index in [1.54, 1.807) is 60.0 Å². The number of ether oxygens (including phenoxy) is 2. The van der Waals surface area contributed by atoms with Crippen LogP contribution in [-0.4, -0.2) is 17.1 Å². The summed E-state index contributed by atoms with van der Waals surface area (Å²) in [6.07, 6.45) is 1.75. The molecule has 0 fully saturated rings. The van der Waals surface area contributed by atoms with Gasteiger partial charge in [-0.1, -0.05) is 71.5 Å². The zero-order valence-electron chi connectivity index (χ0n) is 20.2. The number of esters is 1. The van der Waals surface area contributed by atoms with Gasteiger partial charge in [0.15, 0.2) is 4.80 Å². The smallest absolute Gasteiger partial charge is 0.343 e. The van der Waals surface area contributed by atoms with Crippen molar-refractivity contribution in [1.82, 2.24) is 4.57 Å². The van der Waals surface area contributed by atoms with Gasteiger partial charge in [0, 0.05) is 10.6 Å². The molecule has 186 valence electrons. The van der Waals surface area contributed by atoms with E-state index in [4.69, 9.17) is 21.1 Å². The average Bonchev–Trinajstić information content (AvgIpc) is 3.20. The number of thiazole rings is 1. The Bertz CT molecular complexity index is 1670. The first-order valence-corrected chi connectivity index (χ1v) is 12.9. The van der Waals surface area contributed by atoms with E-state index in [0.717, 1.165) is 5.56 Å². The fraction of sp³-hybridized carbons (Fsp3) is 0.138. The molecule has 37 heavy (non-hydrogen) atoms. The van der Waals surface area contributed by atoms with Crippen molar-refractivity contribution in [2.45, 2.75) is 19.9 Å². The summed E-state index contributed by atoms with van der Waals surface area (Å²) in [5, 5.41) is 0.534. The molecule has 4 aromatic rings. The van der Waals surface area contributed by atoms with Crippen LogP contribution in [0.4, 0.5) is 0 Å². The minimum absolute atomic E-state index is 0.266. The summed E-state index contributed by atoms with van der Waals surface area (Å²) in [5.41, 5.74) is 2.02. The lowest BCUT2D eigenvalue weighted by Crippen LogP contribution is -2.40. The normalized spacial score (nSPS) is 15.2. The molecule has 8 heteroatoms. The first-order valence-electron chi connectivity index (χ1n) is 11.7. The molecule has 5 rings (SSSR count). The number of rotatable bonds is 6. The zero-order chi connectivity index (χ0) is 25.9. The van der Waals surface area contributed by atoms with Gasteiger partial charge >= 0.3 is 5.97 Å². The highest BCUT2D eigenvalue weighted by atomic mass is 35.5. The Kier molecular flexibility index (Phi) is 7.08. The van der Waals surface area contributed by atoms with Gasteiger partial charge in [0.25, 0.3) is 5.56 Å². The number of carbonyl (C=O) groups excluding carboxylic acids is 1. The Hall–Kier alpha value is -3.94. The van der Waals surface area contributed by atoms with Crippen LogP contribution in [0.25, 0.3) is 6.08 Å². The molecule has 0 spiro atoms. The number of halogens is 1. The van der Waals surface area contributed by atoms with Gasteiger partial charge in [-0.05, 0) is 55.8 Å². The predicted molar refractivity (Wildman–Crippen MR) is 145 cm³/mol. The molecule has 0 N–H and O–H groups in total. The fourth-order valence-electron chi connectivity index (χ4n) is 4.24. The molecule has 1 aromatic heterocycles. The molecule has 1 aliphatic heterocycles. The van der Waals surface area contributed by atoms with Crippen LogP contribution in [0.2, 0.25) is 5.02 Å². The van der Waals surface area contributed by atoms with Gasteiger partial charge in [-0.2, -0.15) is 0 Å². The van der Waals surface area contributed by atoms with Gasteiger partial charge < -0.3 is 9.47 Å². The molecule has 2 heterocycles. The van der Waals surface area contributed by atoms with Crippen molar-refractivity contribution in [3.63, 3.8) is 0 Å². The van der Waals surface area contributed by atoms with Crippen molar-refractivity contribution in [2.75, 3.05) is 6.61 Å². The summed E-state index contributed by atoms with van der Waals surface area (Å²) >= 11 is 7.49. The standard InChI is InChI=1S/C29H23ClN2O4S/c1-3-35-23-15-14-21(30)16-20(23)17-24-27(33)32-26(19-10-6-4-7-11-19)25(18(2)31-29(32)37-24)28(34)36-22-12-8-5-9-13-22/h4-17,26H,3H2,1-2H3/b24-17+/t26-/m1/s1. The lowest BCUT2D eigenvalue weighted by Gasteiger charge is -2.24. The monoisotopic (exact) mass is 530 g/mol. The van der Waals surface area contributed by atoms with E-state index in [1.165, 1.54) is 11.3 Å². The second-order valence-corrected chi connectivity index (χ2v) is 9.76. The van der Waals surface area contributed by atoms with Gasteiger partial charge in [-0.15, -0.1) is 0 Å². The Morgan fingerprint density at radius 1 is 1.08 bits per heavy atom. The Balaban J connectivity index is 1.67. The number of aromatic nitrogens is 1. The van der Waals surface area contributed by atoms with Gasteiger partial charge in [-0.3, -0.25) is 9.36 Å². The third-order valence-corrected chi connectivity index (χ3v) is 7.09. The van der Waals surface area contributed by atoms with Gasteiger partial charge in [0.05, 0.1) is 28.5 Å². The van der Waals surface area contributed by atoms with Crippen LogP contribution >= 0.6 is 22.9 Å². The van der Waals surface area contributed by atoms with Crippen molar-refractivity contribution in [3.05, 3.63) is 126 Å². The van der Waals surface area contributed by atoms with Gasteiger partial charge in [-0.25, -0.2) is 9.79 Å². The number of para-hydroxylation sites is 1. The van der Waals surface area contributed by atoms with Crippen LogP contribution in [-0.2, 0) is 4.79 Å². The third kappa shape index (κ3) is 5.01. The van der Waals surface area contributed by atoms with Crippen molar-refractivity contribution in [1.29, 1.82) is 0 Å². The molecular formula is C29H23ClN2O4S. The Labute approximate surface area is 222 Å². The van der Waals surface area contributed by atoms with Crippen LogP contribution in [0.15, 0.2) is 99.9 Å². The van der Waals surface area contributed by atoms with E-state index in [2.05, 4.69) is 4.99 Å². The number of fused-ring (bicyclic) bond motifs is 1. The maximum atomic E-state index is 13.8. The van der Waals surface area contributed by atoms with Crippen LogP contribution in [0.1, 0.15) is 31.0 Å². The quantitative estimate of drug-likeness (QED) is 0.263. The van der Waals surface area contributed by atoms with Crippen molar-refractivity contribution >= 4 is 35.0 Å². The predicted octanol–water partition coefficient (Wildman–Crippen LogP) is 4.89. The highest BCUT2D eigenvalue weighted by molar-refractivity contribution is 7.07. The van der Waals surface area contributed by atoms with E-state index < -0.39 is 12.0 Å². The van der Waals surface area contributed by atoms with E-state index in [1.807, 2.05) is 43.3 Å². The largest absolute Gasteiger partial charge is 0.493 e. The minimum Gasteiger partial charge on any atom is -0.493 e. The van der Waals surface area contributed by atoms with Crippen LogP contribution in [0.3, 0.4) is 0 Å². The molecule has 6 nitrogen and oxygen atoms in total. The number of nitrogens with zero attached hydrogens (tertiary/aromatic N) is 2. The Morgan fingerprint density at radius 2 is 1.78 bits per heavy atom. The summed E-state index contributed by atoms with van der Waals surface area (Å²) in [7, 11) is 0. The molecule has 1 aliphatic rings. The first kappa shape index (κ1) is 24.7. The highest BCUT2D eigenvalue weighted by Crippen LogP contribution is 2.31. The topological polar surface area (TPSA) is 69.9 Å². The number of hydrogen-bond acceptors (Lipinski definition) is 6. The van der Waals surface area contributed by atoms with Crippen LogP contribution < -0.4 is 24.4 Å². The SMILES string of the molecule is CCOc1ccc(Cl)cc1/C=c1/sc2n(c1=O)[C@H](c1ccccc1)C(C(=O)Oc1ccccc1)=C(C)N=2. The van der Waals surface area contributed by atoms with E-state index in [0.29, 0.717) is 49.3 Å². The number of allylic oxidation sites excluding steroid dienone is 1. The molecule has 1 atom stereocenters. The minimum atomic E-state index is -0.693. The van der Waals surface area contributed by atoms with Gasteiger partial charge in [0.1, 0.15) is 11.5 Å². The lowest BCUT2D eigenvalue weighted by molar-refractivity contribution is -0.130. The fourth-order valence-corrected chi connectivity index (χ4v) is 5.46. The average molecular weight is 531 g/mol. The molecule has 0 bridgehead atoms.